The summed E-state index contributed by atoms with van der Waals surface area (Å²) in [6.07, 6.45) is 8.39. The molecule has 0 saturated heterocycles. The van der Waals surface area contributed by atoms with E-state index in [1.807, 2.05) is 22.8 Å². The van der Waals surface area contributed by atoms with Crippen LogP contribution in [0.5, 0.6) is 0 Å². The fourth-order valence-electron chi connectivity index (χ4n) is 2.99. The fourth-order valence-corrected chi connectivity index (χ4v) is 3.41. The monoisotopic (exact) mass is 322 g/mol. The average molecular weight is 323 g/mol. The van der Waals surface area contributed by atoms with Crippen molar-refractivity contribution in [1.82, 2.24) is 14.6 Å². The van der Waals surface area contributed by atoms with E-state index in [4.69, 9.17) is 0 Å². The van der Waals surface area contributed by atoms with Crippen LogP contribution < -0.4 is 5.32 Å². The number of nitrogens with zero attached hydrogens (tertiary/aromatic N) is 3. The van der Waals surface area contributed by atoms with Crippen LogP contribution in [0, 0.1) is 5.92 Å². The molecule has 1 aliphatic rings. The van der Waals surface area contributed by atoms with Gasteiger partial charge in [-0.2, -0.15) is 4.98 Å². The van der Waals surface area contributed by atoms with Gasteiger partial charge in [-0.1, -0.05) is 26.2 Å². The van der Waals surface area contributed by atoms with Gasteiger partial charge in [-0.05, 0) is 46.8 Å². The number of fused-ring (bicyclic) bond motifs is 1. The predicted molar refractivity (Wildman–Crippen MR) is 80.3 cm³/mol. The number of hydrogen-bond donors (Lipinski definition) is 1. The van der Waals surface area contributed by atoms with E-state index < -0.39 is 0 Å². The van der Waals surface area contributed by atoms with Crippen molar-refractivity contribution >= 4 is 27.5 Å². The van der Waals surface area contributed by atoms with Gasteiger partial charge in [0.2, 0.25) is 5.95 Å². The van der Waals surface area contributed by atoms with Crippen molar-refractivity contribution in [2.45, 2.75) is 45.1 Å². The quantitative estimate of drug-likeness (QED) is 0.932. The molecule has 5 heteroatoms. The van der Waals surface area contributed by atoms with E-state index in [1.165, 1.54) is 32.1 Å². The van der Waals surface area contributed by atoms with E-state index in [2.05, 4.69) is 38.3 Å². The third kappa shape index (κ3) is 2.61. The first-order chi connectivity index (χ1) is 9.28. The third-order valence-electron chi connectivity index (χ3n) is 4.06. The van der Waals surface area contributed by atoms with Crippen molar-refractivity contribution in [3.8, 4) is 0 Å². The molecule has 0 amide bonds. The van der Waals surface area contributed by atoms with Crippen LogP contribution in [0.4, 0.5) is 5.95 Å². The first-order valence-electron chi connectivity index (χ1n) is 7.05. The third-order valence-corrected chi connectivity index (χ3v) is 4.68. The summed E-state index contributed by atoms with van der Waals surface area (Å²) < 4.78 is 2.79. The Hall–Kier alpha value is -1.10. The molecule has 102 valence electrons. The lowest BCUT2D eigenvalue weighted by Crippen LogP contribution is -2.32. The van der Waals surface area contributed by atoms with Crippen molar-refractivity contribution < 1.29 is 0 Å². The van der Waals surface area contributed by atoms with E-state index in [0.717, 1.165) is 22.0 Å². The summed E-state index contributed by atoms with van der Waals surface area (Å²) in [6, 6.07) is 4.48. The zero-order chi connectivity index (χ0) is 13.2. The second-order valence-corrected chi connectivity index (χ2v) is 6.12. The Morgan fingerprint density at radius 1 is 1.42 bits per heavy atom. The lowest BCUT2D eigenvalue weighted by atomic mass is 9.83. The maximum absolute atomic E-state index is 4.57. The Bertz CT molecular complexity index is 566. The molecule has 0 aliphatic heterocycles. The van der Waals surface area contributed by atoms with Crippen LogP contribution in [0.3, 0.4) is 0 Å². The van der Waals surface area contributed by atoms with Gasteiger partial charge in [0.05, 0.1) is 4.47 Å². The van der Waals surface area contributed by atoms with E-state index in [9.17, 15) is 0 Å². The molecule has 4 nitrogen and oxygen atoms in total. The summed E-state index contributed by atoms with van der Waals surface area (Å²) in [5.74, 6) is 1.50. The highest BCUT2D eigenvalue weighted by molar-refractivity contribution is 9.10. The second-order valence-electron chi connectivity index (χ2n) is 5.26. The van der Waals surface area contributed by atoms with Crippen molar-refractivity contribution in [3.05, 3.63) is 22.8 Å². The van der Waals surface area contributed by atoms with Gasteiger partial charge in [0.25, 0.3) is 0 Å². The summed E-state index contributed by atoms with van der Waals surface area (Å²) >= 11 is 3.51. The Balaban J connectivity index is 1.82. The Labute approximate surface area is 121 Å². The minimum Gasteiger partial charge on any atom is -0.350 e. The van der Waals surface area contributed by atoms with Gasteiger partial charge in [-0.25, -0.2) is 4.52 Å². The second kappa shape index (κ2) is 5.49. The smallest absolute Gasteiger partial charge is 0.243 e. The molecule has 0 radical (unpaired) electrons. The highest BCUT2D eigenvalue weighted by Gasteiger charge is 2.24. The number of pyridine rings is 1. The molecule has 1 saturated carbocycles. The van der Waals surface area contributed by atoms with E-state index >= 15 is 0 Å². The van der Waals surface area contributed by atoms with Crippen LogP contribution in [0.25, 0.3) is 5.65 Å². The molecule has 2 atom stereocenters. The molecular formula is C14H19BrN4. The summed E-state index contributed by atoms with van der Waals surface area (Å²) in [5.41, 5.74) is 0.869. The lowest BCUT2D eigenvalue weighted by molar-refractivity contribution is 0.316. The zero-order valence-electron chi connectivity index (χ0n) is 11.1. The minimum atomic E-state index is 0.523. The Morgan fingerprint density at radius 2 is 2.26 bits per heavy atom. The van der Waals surface area contributed by atoms with Crippen LogP contribution in [0.15, 0.2) is 22.8 Å². The van der Waals surface area contributed by atoms with Gasteiger partial charge in [-0.3, -0.25) is 0 Å². The summed E-state index contributed by atoms with van der Waals surface area (Å²) in [4.78, 5) is 4.57. The summed E-state index contributed by atoms with van der Waals surface area (Å²) in [6.45, 7) is 2.28. The molecular weight excluding hydrogens is 304 g/mol. The molecule has 2 aromatic rings. The first-order valence-corrected chi connectivity index (χ1v) is 7.84. The number of halogens is 1. The molecule has 19 heavy (non-hydrogen) atoms. The summed E-state index contributed by atoms with van der Waals surface area (Å²) in [5, 5.41) is 8.04. The number of anilines is 1. The molecule has 2 heterocycles. The number of rotatable bonds is 3. The molecule has 2 unspecified atom stereocenters. The highest BCUT2D eigenvalue weighted by atomic mass is 79.9. The standard InChI is InChI=1S/C14H19BrN4/c1-2-10-6-3-4-8-12(10)16-14-17-13-11(15)7-5-9-19(13)18-14/h5,7,9-10,12H,2-4,6,8H2,1H3,(H,16,18). The molecule has 1 N–H and O–H groups in total. The van der Waals surface area contributed by atoms with Crippen LogP contribution in [-0.2, 0) is 0 Å². The topological polar surface area (TPSA) is 42.2 Å². The van der Waals surface area contributed by atoms with Crippen molar-refractivity contribution in [2.75, 3.05) is 5.32 Å². The van der Waals surface area contributed by atoms with Gasteiger partial charge < -0.3 is 5.32 Å². The van der Waals surface area contributed by atoms with Crippen LogP contribution in [0.1, 0.15) is 39.0 Å². The van der Waals surface area contributed by atoms with E-state index in [0.29, 0.717) is 6.04 Å². The largest absolute Gasteiger partial charge is 0.350 e. The van der Waals surface area contributed by atoms with Crippen molar-refractivity contribution in [1.29, 1.82) is 0 Å². The first kappa shape index (κ1) is 12.9. The molecule has 2 aromatic heterocycles. The van der Waals surface area contributed by atoms with Gasteiger partial charge in [0, 0.05) is 12.2 Å². The maximum atomic E-state index is 4.57. The molecule has 1 fully saturated rings. The predicted octanol–water partition coefficient (Wildman–Crippen LogP) is 3.87. The normalized spacial score (nSPS) is 23.7. The SMILES string of the molecule is CCC1CCCCC1Nc1nc2c(Br)cccn2n1. The molecule has 3 rings (SSSR count). The van der Waals surface area contributed by atoms with Gasteiger partial charge in [0.1, 0.15) is 0 Å². The molecule has 0 aromatic carbocycles. The minimum absolute atomic E-state index is 0.523. The zero-order valence-corrected chi connectivity index (χ0v) is 12.7. The van der Waals surface area contributed by atoms with Gasteiger partial charge in [-0.15, -0.1) is 5.10 Å². The lowest BCUT2D eigenvalue weighted by Gasteiger charge is -2.31. The average Bonchev–Trinajstić information content (AvgIpc) is 2.83. The summed E-state index contributed by atoms with van der Waals surface area (Å²) in [7, 11) is 0. The molecule has 1 aliphatic carbocycles. The van der Waals surface area contributed by atoms with Gasteiger partial charge in [0.15, 0.2) is 5.65 Å². The van der Waals surface area contributed by atoms with Crippen LogP contribution >= 0.6 is 15.9 Å². The van der Waals surface area contributed by atoms with Gasteiger partial charge >= 0.3 is 0 Å². The maximum Gasteiger partial charge on any atom is 0.243 e. The van der Waals surface area contributed by atoms with Crippen LogP contribution in [0.2, 0.25) is 0 Å². The Kier molecular flexibility index (Phi) is 3.73. The number of nitrogens with one attached hydrogen (secondary N) is 1. The number of hydrogen-bond acceptors (Lipinski definition) is 3. The van der Waals surface area contributed by atoms with E-state index in [-0.39, 0.29) is 0 Å². The van der Waals surface area contributed by atoms with Crippen molar-refractivity contribution in [3.63, 3.8) is 0 Å². The Morgan fingerprint density at radius 3 is 3.05 bits per heavy atom. The van der Waals surface area contributed by atoms with Crippen molar-refractivity contribution in [2.24, 2.45) is 5.92 Å². The molecule has 0 spiro atoms. The van der Waals surface area contributed by atoms with E-state index in [1.54, 1.807) is 0 Å². The fraction of sp³-hybridized carbons (Fsp3) is 0.571. The van der Waals surface area contributed by atoms with Crippen LogP contribution in [-0.4, -0.2) is 20.6 Å². The number of aromatic nitrogens is 3. The molecule has 0 bridgehead atoms. The highest BCUT2D eigenvalue weighted by Crippen LogP contribution is 2.29.